The van der Waals surface area contributed by atoms with Crippen molar-refractivity contribution in [1.29, 1.82) is 0 Å². The zero-order valence-corrected chi connectivity index (χ0v) is 20.9. The number of carbonyl (C=O) groups excluding carboxylic acids is 2. The van der Waals surface area contributed by atoms with Crippen LogP contribution in [-0.4, -0.2) is 44.1 Å². The molecule has 0 fully saturated rings. The highest BCUT2D eigenvalue weighted by Crippen LogP contribution is 2.20. The smallest absolute Gasteiger partial charge is 0.343 e. The summed E-state index contributed by atoms with van der Waals surface area (Å²) < 4.78 is 22.6. The molecule has 0 aliphatic heterocycles. The summed E-state index contributed by atoms with van der Waals surface area (Å²) in [5.41, 5.74) is 0.370. The fraction of sp³-hybridized carbons (Fsp3) is 0.269. The van der Waals surface area contributed by atoms with Crippen LogP contribution in [-0.2, 0) is 33.9 Å². The van der Waals surface area contributed by atoms with E-state index in [-0.39, 0.29) is 36.7 Å². The first-order valence-electron chi connectivity index (χ1n) is 11.0. The Labute approximate surface area is 213 Å². The third kappa shape index (κ3) is 6.72. The summed E-state index contributed by atoms with van der Waals surface area (Å²) in [5, 5.41) is 3.31. The van der Waals surface area contributed by atoms with E-state index in [1.54, 1.807) is 24.3 Å². The Morgan fingerprint density at radius 2 is 1.69 bits per heavy atom. The average molecular weight is 515 g/mol. The molecule has 0 unspecified atom stereocenters. The highest BCUT2D eigenvalue weighted by molar-refractivity contribution is 6.30. The van der Waals surface area contributed by atoms with Gasteiger partial charge in [-0.2, -0.15) is 0 Å². The first kappa shape index (κ1) is 26.9. The number of aromatic nitrogens is 1. The summed E-state index contributed by atoms with van der Waals surface area (Å²) in [7, 11) is 4.03. The van der Waals surface area contributed by atoms with Gasteiger partial charge in [-0.3, -0.25) is 9.59 Å². The molecule has 10 heteroatoms. The third-order valence-electron chi connectivity index (χ3n) is 5.30. The SMILES string of the molecule is COC(=O)c1cn(CC(OC)OC)c(C(=O)NCc2cccc(Cl)c2)c(OCc2ccccc2)c1=O. The van der Waals surface area contributed by atoms with Crippen molar-refractivity contribution in [3.05, 3.63) is 98.4 Å². The molecule has 3 aromatic rings. The summed E-state index contributed by atoms with van der Waals surface area (Å²) in [5.74, 6) is -1.76. The monoisotopic (exact) mass is 514 g/mol. The largest absolute Gasteiger partial charge is 0.483 e. The van der Waals surface area contributed by atoms with Gasteiger partial charge in [0.2, 0.25) is 5.43 Å². The molecule has 0 saturated heterocycles. The van der Waals surface area contributed by atoms with Gasteiger partial charge in [-0.15, -0.1) is 0 Å². The average Bonchev–Trinajstić information content (AvgIpc) is 2.90. The van der Waals surface area contributed by atoms with Gasteiger partial charge in [-0.1, -0.05) is 54.1 Å². The number of hydrogen-bond acceptors (Lipinski definition) is 7. The second kappa shape index (κ2) is 12.9. The van der Waals surface area contributed by atoms with Crippen LogP contribution >= 0.6 is 11.6 Å². The first-order chi connectivity index (χ1) is 17.4. The Morgan fingerprint density at radius 3 is 2.33 bits per heavy atom. The minimum atomic E-state index is -0.865. The van der Waals surface area contributed by atoms with Crippen LogP contribution in [0.25, 0.3) is 0 Å². The van der Waals surface area contributed by atoms with Crippen molar-refractivity contribution < 1.29 is 28.5 Å². The van der Waals surface area contributed by atoms with E-state index >= 15 is 0 Å². The van der Waals surface area contributed by atoms with Crippen LogP contribution in [0.5, 0.6) is 5.75 Å². The number of halogens is 1. The van der Waals surface area contributed by atoms with Gasteiger partial charge < -0.3 is 28.8 Å². The molecule has 0 radical (unpaired) electrons. The predicted octanol–water partition coefficient (Wildman–Crippen LogP) is 3.42. The van der Waals surface area contributed by atoms with Crippen molar-refractivity contribution in [2.75, 3.05) is 21.3 Å². The number of rotatable bonds is 11. The van der Waals surface area contributed by atoms with E-state index in [2.05, 4.69) is 5.32 Å². The second-order valence-electron chi connectivity index (χ2n) is 7.68. The summed E-state index contributed by atoms with van der Waals surface area (Å²) in [6, 6.07) is 16.1. The molecule has 3 rings (SSSR count). The van der Waals surface area contributed by atoms with Crippen LogP contribution in [0.1, 0.15) is 32.0 Å². The van der Waals surface area contributed by atoms with Crippen molar-refractivity contribution in [2.24, 2.45) is 0 Å². The van der Waals surface area contributed by atoms with Gasteiger partial charge in [0.05, 0.1) is 13.7 Å². The number of esters is 1. The summed E-state index contributed by atoms with van der Waals surface area (Å²) >= 11 is 6.05. The number of amides is 1. The first-order valence-corrected chi connectivity index (χ1v) is 11.4. The lowest BCUT2D eigenvalue weighted by atomic mass is 10.1. The lowest BCUT2D eigenvalue weighted by molar-refractivity contribution is -0.111. The molecule has 1 aromatic heterocycles. The van der Waals surface area contributed by atoms with Crippen molar-refractivity contribution in [1.82, 2.24) is 9.88 Å². The zero-order valence-electron chi connectivity index (χ0n) is 20.2. The summed E-state index contributed by atoms with van der Waals surface area (Å²) in [6.45, 7) is 0.120. The van der Waals surface area contributed by atoms with E-state index in [0.29, 0.717) is 5.02 Å². The van der Waals surface area contributed by atoms with Crippen molar-refractivity contribution >= 4 is 23.5 Å². The maximum atomic E-state index is 13.4. The van der Waals surface area contributed by atoms with Gasteiger partial charge >= 0.3 is 5.97 Å². The molecule has 0 bridgehead atoms. The highest BCUT2D eigenvalue weighted by atomic mass is 35.5. The Kier molecular flexibility index (Phi) is 9.63. The number of hydrogen-bond donors (Lipinski definition) is 1. The van der Waals surface area contributed by atoms with Crippen LogP contribution in [0.3, 0.4) is 0 Å². The summed E-state index contributed by atoms with van der Waals surface area (Å²) in [4.78, 5) is 39.1. The zero-order chi connectivity index (χ0) is 26.1. The lowest BCUT2D eigenvalue weighted by Crippen LogP contribution is -2.34. The maximum absolute atomic E-state index is 13.4. The van der Waals surface area contributed by atoms with Gasteiger partial charge in [-0.25, -0.2) is 4.79 Å². The molecule has 0 atom stereocenters. The minimum absolute atomic E-state index is 0.00668. The van der Waals surface area contributed by atoms with E-state index in [1.165, 1.54) is 25.0 Å². The van der Waals surface area contributed by atoms with Crippen molar-refractivity contribution in [3.63, 3.8) is 0 Å². The molecule has 190 valence electrons. The molecule has 1 N–H and O–H groups in total. The van der Waals surface area contributed by atoms with Crippen molar-refractivity contribution in [2.45, 2.75) is 26.0 Å². The van der Waals surface area contributed by atoms with Crippen LogP contribution in [0, 0.1) is 0 Å². The fourth-order valence-corrected chi connectivity index (χ4v) is 3.67. The molecule has 0 spiro atoms. The fourth-order valence-electron chi connectivity index (χ4n) is 3.45. The van der Waals surface area contributed by atoms with Gasteiger partial charge in [-0.05, 0) is 23.3 Å². The van der Waals surface area contributed by atoms with E-state index in [0.717, 1.165) is 18.2 Å². The normalized spacial score (nSPS) is 10.8. The van der Waals surface area contributed by atoms with Crippen LogP contribution in [0.2, 0.25) is 5.02 Å². The third-order valence-corrected chi connectivity index (χ3v) is 5.53. The number of carbonyl (C=O) groups is 2. The van der Waals surface area contributed by atoms with Crippen molar-refractivity contribution in [3.8, 4) is 5.75 Å². The number of nitrogens with one attached hydrogen (secondary N) is 1. The molecule has 9 nitrogen and oxygen atoms in total. The second-order valence-corrected chi connectivity index (χ2v) is 8.12. The van der Waals surface area contributed by atoms with E-state index in [1.807, 2.05) is 30.3 Å². The molecule has 36 heavy (non-hydrogen) atoms. The summed E-state index contributed by atoms with van der Waals surface area (Å²) in [6.07, 6.45) is 0.461. The maximum Gasteiger partial charge on any atom is 0.343 e. The molecular formula is C26H27ClN2O7. The van der Waals surface area contributed by atoms with Crippen LogP contribution in [0.15, 0.2) is 65.6 Å². The predicted molar refractivity (Wildman–Crippen MR) is 133 cm³/mol. The molecule has 1 heterocycles. The number of nitrogens with zero attached hydrogens (tertiary/aromatic N) is 1. The molecule has 0 aliphatic rings. The van der Waals surface area contributed by atoms with E-state index in [4.69, 9.17) is 30.5 Å². The molecular weight excluding hydrogens is 488 g/mol. The number of pyridine rings is 1. The van der Waals surface area contributed by atoms with E-state index < -0.39 is 23.6 Å². The van der Waals surface area contributed by atoms with Gasteiger partial charge in [0.1, 0.15) is 12.2 Å². The number of ether oxygens (including phenoxy) is 4. The van der Waals surface area contributed by atoms with E-state index in [9.17, 15) is 14.4 Å². The Hall–Kier alpha value is -3.66. The molecule has 0 saturated carbocycles. The minimum Gasteiger partial charge on any atom is -0.483 e. The Morgan fingerprint density at radius 1 is 1.00 bits per heavy atom. The van der Waals surface area contributed by atoms with Crippen LogP contribution in [0.4, 0.5) is 0 Å². The van der Waals surface area contributed by atoms with Gasteiger partial charge in [0.25, 0.3) is 5.91 Å². The molecule has 0 aliphatic carbocycles. The lowest BCUT2D eigenvalue weighted by Gasteiger charge is -2.22. The number of benzene rings is 2. The Bertz CT molecular complexity index is 1260. The Balaban J connectivity index is 2.08. The van der Waals surface area contributed by atoms with Gasteiger partial charge in [0.15, 0.2) is 17.7 Å². The standard InChI is InChI=1S/C26H27ClN2O7/c1-33-21(34-2)15-29-14-20(26(32)35-3)23(30)24(36-16-17-8-5-4-6-9-17)22(29)25(31)28-13-18-10-7-11-19(27)12-18/h4-12,14,21H,13,15-16H2,1-3H3,(H,28,31). The van der Waals surface area contributed by atoms with Gasteiger partial charge in [0, 0.05) is 32.0 Å². The topological polar surface area (TPSA) is 105 Å². The van der Waals surface area contributed by atoms with Crippen LogP contribution < -0.4 is 15.5 Å². The highest BCUT2D eigenvalue weighted by Gasteiger charge is 2.27. The molecule has 1 amide bonds. The molecule has 2 aromatic carbocycles. The number of methoxy groups -OCH3 is 3. The quantitative estimate of drug-likeness (QED) is 0.309.